The van der Waals surface area contributed by atoms with Gasteiger partial charge in [0.1, 0.15) is 0 Å². The lowest BCUT2D eigenvalue weighted by Crippen LogP contribution is -1.99. The Hall–Kier alpha value is -0.610. The van der Waals surface area contributed by atoms with Crippen molar-refractivity contribution < 1.29 is 9.90 Å². The van der Waals surface area contributed by atoms with Crippen molar-refractivity contribution in [1.82, 2.24) is 0 Å². The standard InChI is InChI=1S/C11H14O2S2/c1-14-6-7-15-10-4-2-9(3-5-10)8-11(12)13/h2-5H,6-8H2,1H3,(H,12,13). The van der Waals surface area contributed by atoms with Gasteiger partial charge in [0.05, 0.1) is 6.42 Å². The summed E-state index contributed by atoms with van der Waals surface area (Å²) in [7, 11) is 0. The van der Waals surface area contributed by atoms with Crippen molar-refractivity contribution in [3.05, 3.63) is 29.8 Å². The Morgan fingerprint density at radius 2 is 1.93 bits per heavy atom. The maximum Gasteiger partial charge on any atom is 0.307 e. The van der Waals surface area contributed by atoms with Gasteiger partial charge in [0.15, 0.2) is 0 Å². The molecule has 0 aliphatic heterocycles. The summed E-state index contributed by atoms with van der Waals surface area (Å²) in [6.07, 6.45) is 2.20. The van der Waals surface area contributed by atoms with E-state index in [1.807, 2.05) is 36.0 Å². The van der Waals surface area contributed by atoms with Gasteiger partial charge in [0.25, 0.3) is 0 Å². The lowest BCUT2D eigenvalue weighted by atomic mass is 10.2. The van der Waals surface area contributed by atoms with Gasteiger partial charge in [0.2, 0.25) is 0 Å². The summed E-state index contributed by atoms with van der Waals surface area (Å²) in [5.41, 5.74) is 0.858. The molecule has 0 aliphatic rings. The second-order valence-electron chi connectivity index (χ2n) is 3.06. The predicted molar refractivity (Wildman–Crippen MR) is 66.9 cm³/mol. The number of carboxylic acids is 1. The molecular formula is C11H14O2S2. The minimum Gasteiger partial charge on any atom is -0.481 e. The molecule has 0 unspecified atom stereocenters. The zero-order valence-electron chi connectivity index (χ0n) is 8.60. The summed E-state index contributed by atoms with van der Waals surface area (Å²) >= 11 is 3.64. The van der Waals surface area contributed by atoms with E-state index in [0.717, 1.165) is 17.1 Å². The third-order valence-corrected chi connectivity index (χ3v) is 3.72. The van der Waals surface area contributed by atoms with E-state index in [4.69, 9.17) is 5.11 Å². The Labute approximate surface area is 98.5 Å². The highest BCUT2D eigenvalue weighted by atomic mass is 32.2. The van der Waals surface area contributed by atoms with Gasteiger partial charge in [-0.1, -0.05) is 12.1 Å². The molecule has 0 saturated heterocycles. The van der Waals surface area contributed by atoms with Crippen molar-refractivity contribution in [3.63, 3.8) is 0 Å². The quantitative estimate of drug-likeness (QED) is 0.615. The predicted octanol–water partition coefficient (Wildman–Crippen LogP) is 2.77. The molecule has 0 aliphatic carbocycles. The molecule has 4 heteroatoms. The second kappa shape index (κ2) is 6.80. The topological polar surface area (TPSA) is 37.3 Å². The van der Waals surface area contributed by atoms with E-state index in [1.165, 1.54) is 4.90 Å². The molecule has 0 bridgehead atoms. The molecule has 1 rings (SSSR count). The molecule has 15 heavy (non-hydrogen) atoms. The summed E-state index contributed by atoms with van der Waals surface area (Å²) in [6.45, 7) is 0. The molecule has 1 N–H and O–H groups in total. The summed E-state index contributed by atoms with van der Waals surface area (Å²) in [5, 5.41) is 8.60. The highest BCUT2D eigenvalue weighted by Gasteiger charge is 2.00. The summed E-state index contributed by atoms with van der Waals surface area (Å²) in [6, 6.07) is 7.75. The first-order valence-corrected chi connectivity index (χ1v) is 7.03. The largest absolute Gasteiger partial charge is 0.481 e. The normalized spacial score (nSPS) is 10.2. The molecule has 0 amide bonds. The number of rotatable bonds is 6. The van der Waals surface area contributed by atoms with Crippen molar-refractivity contribution in [3.8, 4) is 0 Å². The Morgan fingerprint density at radius 3 is 2.47 bits per heavy atom. The third-order valence-electron chi connectivity index (χ3n) is 1.83. The van der Waals surface area contributed by atoms with Crippen molar-refractivity contribution in [2.45, 2.75) is 11.3 Å². The van der Waals surface area contributed by atoms with Crippen LogP contribution in [0.15, 0.2) is 29.2 Å². The van der Waals surface area contributed by atoms with Gasteiger partial charge >= 0.3 is 5.97 Å². The van der Waals surface area contributed by atoms with E-state index in [9.17, 15) is 4.79 Å². The monoisotopic (exact) mass is 242 g/mol. The van der Waals surface area contributed by atoms with E-state index >= 15 is 0 Å². The van der Waals surface area contributed by atoms with Crippen LogP contribution in [0.3, 0.4) is 0 Å². The van der Waals surface area contributed by atoms with Crippen LogP contribution >= 0.6 is 23.5 Å². The Kier molecular flexibility index (Phi) is 5.65. The molecule has 0 atom stereocenters. The van der Waals surface area contributed by atoms with Crippen molar-refractivity contribution in [2.75, 3.05) is 17.8 Å². The average Bonchev–Trinajstić information content (AvgIpc) is 2.20. The smallest absolute Gasteiger partial charge is 0.307 e. The fraction of sp³-hybridized carbons (Fsp3) is 0.364. The highest BCUT2D eigenvalue weighted by molar-refractivity contribution is 8.02. The molecule has 82 valence electrons. The van der Waals surface area contributed by atoms with E-state index in [2.05, 4.69) is 6.26 Å². The number of hydrogen-bond acceptors (Lipinski definition) is 3. The zero-order valence-corrected chi connectivity index (χ0v) is 10.2. The first kappa shape index (κ1) is 12.5. The number of carbonyl (C=O) groups is 1. The van der Waals surface area contributed by atoms with Gasteiger partial charge in [0, 0.05) is 16.4 Å². The maximum absolute atomic E-state index is 10.5. The van der Waals surface area contributed by atoms with Crippen LogP contribution < -0.4 is 0 Å². The van der Waals surface area contributed by atoms with E-state index < -0.39 is 5.97 Å². The number of carboxylic acid groups (broad SMARTS) is 1. The van der Waals surface area contributed by atoms with Crippen LogP contribution in [0.4, 0.5) is 0 Å². The van der Waals surface area contributed by atoms with E-state index in [1.54, 1.807) is 11.8 Å². The fourth-order valence-corrected chi connectivity index (χ4v) is 2.69. The lowest BCUT2D eigenvalue weighted by Gasteiger charge is -2.01. The maximum atomic E-state index is 10.5. The molecule has 0 heterocycles. The number of hydrogen-bond donors (Lipinski definition) is 1. The summed E-state index contributed by atoms with van der Waals surface area (Å²) in [4.78, 5) is 11.7. The van der Waals surface area contributed by atoms with Gasteiger partial charge in [-0.15, -0.1) is 11.8 Å². The molecule has 0 spiro atoms. The van der Waals surface area contributed by atoms with Crippen LogP contribution in [0.25, 0.3) is 0 Å². The van der Waals surface area contributed by atoms with Crippen LogP contribution in [0.5, 0.6) is 0 Å². The first-order valence-electron chi connectivity index (χ1n) is 4.65. The second-order valence-corrected chi connectivity index (χ2v) is 5.21. The van der Waals surface area contributed by atoms with Gasteiger partial charge in [-0.2, -0.15) is 11.8 Å². The van der Waals surface area contributed by atoms with Crippen molar-refractivity contribution in [2.24, 2.45) is 0 Å². The SMILES string of the molecule is CSCCSc1ccc(CC(=O)O)cc1. The fourth-order valence-electron chi connectivity index (χ4n) is 1.12. The molecule has 2 nitrogen and oxygen atoms in total. The van der Waals surface area contributed by atoms with Gasteiger partial charge in [-0.05, 0) is 24.0 Å². The summed E-state index contributed by atoms with van der Waals surface area (Å²) < 4.78 is 0. The molecular weight excluding hydrogens is 228 g/mol. The summed E-state index contributed by atoms with van der Waals surface area (Å²) in [5.74, 6) is 1.46. The first-order chi connectivity index (χ1) is 7.22. The minimum absolute atomic E-state index is 0.107. The average molecular weight is 242 g/mol. The Balaban J connectivity index is 2.45. The van der Waals surface area contributed by atoms with Crippen molar-refractivity contribution >= 4 is 29.5 Å². The highest BCUT2D eigenvalue weighted by Crippen LogP contribution is 2.19. The van der Waals surface area contributed by atoms with Crippen LogP contribution in [-0.4, -0.2) is 28.8 Å². The number of benzene rings is 1. The molecule has 0 aromatic heterocycles. The Bertz CT molecular complexity index is 309. The third kappa shape index (κ3) is 5.14. The van der Waals surface area contributed by atoms with Crippen LogP contribution in [0, 0.1) is 0 Å². The molecule has 1 aromatic rings. The zero-order chi connectivity index (χ0) is 11.1. The van der Waals surface area contributed by atoms with Gasteiger partial charge in [-0.3, -0.25) is 4.79 Å². The minimum atomic E-state index is -0.780. The molecule has 1 aromatic carbocycles. The molecule has 0 radical (unpaired) electrons. The number of thioether (sulfide) groups is 2. The Morgan fingerprint density at radius 1 is 1.27 bits per heavy atom. The van der Waals surface area contributed by atoms with E-state index in [-0.39, 0.29) is 6.42 Å². The lowest BCUT2D eigenvalue weighted by molar-refractivity contribution is -0.136. The molecule has 0 fully saturated rings. The van der Waals surface area contributed by atoms with Crippen LogP contribution in [0.2, 0.25) is 0 Å². The van der Waals surface area contributed by atoms with Crippen LogP contribution in [-0.2, 0) is 11.2 Å². The van der Waals surface area contributed by atoms with Crippen LogP contribution in [0.1, 0.15) is 5.56 Å². The number of aliphatic carboxylic acids is 1. The van der Waals surface area contributed by atoms with Gasteiger partial charge in [-0.25, -0.2) is 0 Å². The van der Waals surface area contributed by atoms with Crippen molar-refractivity contribution in [1.29, 1.82) is 0 Å². The van der Waals surface area contributed by atoms with E-state index in [0.29, 0.717) is 0 Å². The van der Waals surface area contributed by atoms with Gasteiger partial charge < -0.3 is 5.11 Å². The molecule has 0 saturated carbocycles.